The van der Waals surface area contributed by atoms with Crippen LogP contribution in [0.25, 0.3) is 0 Å². The van der Waals surface area contributed by atoms with Gasteiger partial charge in [0.2, 0.25) is 11.7 Å². The highest BCUT2D eigenvalue weighted by molar-refractivity contribution is 6.26. The minimum Gasteiger partial charge on any atom is -0.493 e. The van der Waals surface area contributed by atoms with Gasteiger partial charge in [0, 0.05) is 35.4 Å². The van der Waals surface area contributed by atoms with E-state index in [-0.39, 0.29) is 21.8 Å². The molecule has 1 unspecified atom stereocenters. The molecule has 43 heavy (non-hydrogen) atoms. The molecular weight excluding hydrogens is 546 g/mol. The fourth-order valence-electron chi connectivity index (χ4n) is 5.17. The summed E-state index contributed by atoms with van der Waals surface area (Å²) in [5, 5.41) is 9.77. The average Bonchev–Trinajstić information content (AvgIpc) is 2.99. The zero-order chi connectivity index (χ0) is 30.7. The molecule has 5 rings (SSSR count). The first kappa shape index (κ1) is 28.9. The van der Waals surface area contributed by atoms with E-state index in [1.807, 2.05) is 55.6 Å². The summed E-state index contributed by atoms with van der Waals surface area (Å²) in [6.45, 7) is 0.444. The number of rotatable bonds is 7. The molecule has 1 aromatic heterocycles. The minimum atomic E-state index is -1.26. The Labute approximate surface area is 248 Å². The number of methoxy groups -OCH3 is 2. The second-order valence-electron chi connectivity index (χ2n) is 10.3. The summed E-state index contributed by atoms with van der Waals surface area (Å²) >= 11 is 0. The summed E-state index contributed by atoms with van der Waals surface area (Å²) in [6.07, 6.45) is 3.50. The minimum absolute atomic E-state index is 0.0833. The van der Waals surface area contributed by atoms with Crippen LogP contribution >= 0.6 is 0 Å². The van der Waals surface area contributed by atoms with Gasteiger partial charge in [0.05, 0.1) is 32.4 Å². The monoisotopic (exact) mass is 576 g/mol. The van der Waals surface area contributed by atoms with Gasteiger partial charge in [-0.25, -0.2) is 9.78 Å². The van der Waals surface area contributed by atoms with Crippen LogP contribution in [-0.4, -0.2) is 48.1 Å². The van der Waals surface area contributed by atoms with Crippen LogP contribution in [0.4, 0.5) is 17.5 Å². The van der Waals surface area contributed by atoms with Gasteiger partial charge in [0.15, 0.2) is 17.1 Å². The standard InChI is InChI=1S/C33H29N5O5/c1-38(18-21-7-5-4-6-8-21)19-26(32(40)41)29(39)25-12-10-20(15-27(25)38)9-11-23-13-22(16-28(42-2)30(23)43-3)14-24-17-36-33(35)37-31(24)34/h4-8,10,12-13,15-17,19H,14,18H2,1-3H3,(H4-,34,35,36,37,40,41)/p+1. The predicted octanol–water partition coefficient (Wildman–Crippen LogP) is 3.95. The van der Waals surface area contributed by atoms with Gasteiger partial charge in [0.25, 0.3) is 0 Å². The van der Waals surface area contributed by atoms with E-state index in [9.17, 15) is 14.7 Å². The molecule has 216 valence electrons. The summed E-state index contributed by atoms with van der Waals surface area (Å²) in [7, 11) is 4.96. The Hall–Kier alpha value is -5.66. The van der Waals surface area contributed by atoms with Gasteiger partial charge >= 0.3 is 5.97 Å². The van der Waals surface area contributed by atoms with Crippen molar-refractivity contribution in [3.63, 3.8) is 0 Å². The number of anilines is 2. The molecule has 0 amide bonds. The van der Waals surface area contributed by atoms with Crippen molar-refractivity contribution in [3.8, 4) is 23.3 Å². The number of hydrogen-bond donors (Lipinski definition) is 3. The van der Waals surface area contributed by atoms with Crippen molar-refractivity contribution in [1.29, 1.82) is 0 Å². The number of carbonyl (C=O) groups is 2. The highest BCUT2D eigenvalue weighted by Crippen LogP contribution is 2.37. The number of carboxylic acid groups (broad SMARTS) is 1. The summed E-state index contributed by atoms with van der Waals surface area (Å²) in [5.41, 5.74) is 16.2. The summed E-state index contributed by atoms with van der Waals surface area (Å²) in [6, 6.07) is 18.6. The number of Topliss-reactive ketones (excluding diaryl/α,β-unsaturated/α-hetero) is 1. The first-order valence-electron chi connectivity index (χ1n) is 13.3. The lowest BCUT2D eigenvalue weighted by molar-refractivity contribution is -0.132. The van der Waals surface area contributed by atoms with Gasteiger partial charge in [-0.05, 0) is 29.8 Å². The number of nitrogens with two attached hydrogens (primary N) is 2. The Bertz CT molecular complexity index is 1840. The Kier molecular flexibility index (Phi) is 7.84. The lowest BCUT2D eigenvalue weighted by atomic mass is 9.94. The Morgan fingerprint density at radius 1 is 1.00 bits per heavy atom. The van der Waals surface area contributed by atoms with Crippen LogP contribution in [0.5, 0.6) is 11.5 Å². The topological polar surface area (TPSA) is 151 Å². The number of quaternary nitrogens is 1. The van der Waals surface area contributed by atoms with Crippen molar-refractivity contribution in [3.05, 3.63) is 112 Å². The lowest BCUT2D eigenvalue weighted by Crippen LogP contribution is -2.44. The first-order chi connectivity index (χ1) is 20.6. The number of carboxylic acids is 1. The van der Waals surface area contributed by atoms with Crippen molar-refractivity contribution in [1.82, 2.24) is 14.5 Å². The lowest BCUT2D eigenvalue weighted by Gasteiger charge is -2.34. The number of nitrogens with zero attached hydrogens (tertiary/aromatic N) is 3. The molecule has 1 aliphatic rings. The normalized spacial score (nSPS) is 15.5. The van der Waals surface area contributed by atoms with Crippen molar-refractivity contribution in [2.75, 3.05) is 32.7 Å². The third-order valence-electron chi connectivity index (χ3n) is 7.23. The van der Waals surface area contributed by atoms with E-state index in [1.165, 1.54) is 13.3 Å². The van der Waals surface area contributed by atoms with Gasteiger partial charge in [0.1, 0.15) is 24.2 Å². The molecule has 2 heterocycles. The molecule has 0 aliphatic carbocycles. The largest absolute Gasteiger partial charge is 0.493 e. The number of hydrogen-bond acceptors (Lipinski definition) is 8. The highest BCUT2D eigenvalue weighted by Gasteiger charge is 2.39. The SMILES string of the molecule is COc1cc(Cc2cnc(N)nc2N)cc(C#Cc2ccc3c(c2)[N+](C)(Cc2ccccc2)C=C(C(=O)O)C3=O)c1OC. The van der Waals surface area contributed by atoms with Crippen LogP contribution in [-0.2, 0) is 17.8 Å². The number of benzene rings is 3. The molecule has 0 spiro atoms. The summed E-state index contributed by atoms with van der Waals surface area (Å²) < 4.78 is 11.3. The maximum Gasteiger partial charge on any atom is 0.345 e. The molecule has 10 heteroatoms. The van der Waals surface area contributed by atoms with E-state index in [0.717, 1.165) is 11.1 Å². The third kappa shape index (κ3) is 5.88. The zero-order valence-corrected chi connectivity index (χ0v) is 23.9. The van der Waals surface area contributed by atoms with Crippen LogP contribution in [0.3, 0.4) is 0 Å². The van der Waals surface area contributed by atoms with E-state index < -0.39 is 11.8 Å². The Balaban J connectivity index is 1.57. The highest BCUT2D eigenvalue weighted by atomic mass is 16.5. The molecule has 3 aromatic carbocycles. The third-order valence-corrected chi connectivity index (χ3v) is 7.23. The Morgan fingerprint density at radius 3 is 2.44 bits per heavy atom. The van der Waals surface area contributed by atoms with Gasteiger partial charge in [-0.3, -0.25) is 9.28 Å². The summed E-state index contributed by atoms with van der Waals surface area (Å²) in [5.74, 6) is 5.93. The predicted molar refractivity (Wildman–Crippen MR) is 164 cm³/mol. The van der Waals surface area contributed by atoms with Crippen LogP contribution < -0.4 is 25.4 Å². The molecule has 4 aromatic rings. The fourth-order valence-corrected chi connectivity index (χ4v) is 5.17. The van der Waals surface area contributed by atoms with Gasteiger partial charge in [-0.2, -0.15) is 4.98 Å². The molecule has 0 saturated carbocycles. The van der Waals surface area contributed by atoms with Crippen LogP contribution in [0, 0.1) is 11.8 Å². The number of ketones is 1. The second-order valence-corrected chi connectivity index (χ2v) is 10.3. The average molecular weight is 577 g/mol. The molecule has 1 atom stereocenters. The fraction of sp³-hybridized carbons (Fsp3) is 0.152. The smallest absolute Gasteiger partial charge is 0.345 e. The van der Waals surface area contributed by atoms with Crippen LogP contribution in [0.1, 0.15) is 38.2 Å². The van der Waals surface area contributed by atoms with E-state index in [0.29, 0.717) is 52.4 Å². The van der Waals surface area contributed by atoms with Crippen molar-refractivity contribution >= 4 is 29.2 Å². The Morgan fingerprint density at radius 2 is 1.77 bits per heavy atom. The number of ether oxygens (including phenoxy) is 2. The van der Waals surface area contributed by atoms with Crippen molar-refractivity contribution < 1.29 is 24.2 Å². The zero-order valence-electron chi connectivity index (χ0n) is 23.9. The maximum atomic E-state index is 13.1. The number of aliphatic carboxylic acids is 1. The molecule has 0 fully saturated rings. The molecule has 0 bridgehead atoms. The van der Waals surface area contributed by atoms with E-state index >= 15 is 0 Å². The first-order valence-corrected chi connectivity index (χ1v) is 13.3. The van der Waals surface area contributed by atoms with Gasteiger partial charge < -0.3 is 26.0 Å². The molecule has 0 saturated heterocycles. The maximum absolute atomic E-state index is 13.1. The molecular formula is C33H30N5O5+. The summed E-state index contributed by atoms with van der Waals surface area (Å²) in [4.78, 5) is 33.2. The number of nitrogen functional groups attached to an aromatic ring is 2. The van der Waals surface area contributed by atoms with E-state index in [1.54, 1.807) is 25.4 Å². The van der Waals surface area contributed by atoms with Crippen LogP contribution in [0.15, 0.2) is 78.6 Å². The van der Waals surface area contributed by atoms with Gasteiger partial charge in [-0.15, -0.1) is 0 Å². The molecule has 10 nitrogen and oxygen atoms in total. The van der Waals surface area contributed by atoms with Gasteiger partial charge in [-0.1, -0.05) is 42.2 Å². The number of carbonyl (C=O) groups excluding carboxylic acids is 1. The number of aromatic nitrogens is 2. The molecule has 0 radical (unpaired) electrons. The quantitative estimate of drug-likeness (QED) is 0.169. The van der Waals surface area contributed by atoms with Crippen molar-refractivity contribution in [2.24, 2.45) is 0 Å². The van der Waals surface area contributed by atoms with Crippen molar-refractivity contribution in [2.45, 2.75) is 13.0 Å². The second kappa shape index (κ2) is 11.7. The molecule has 1 aliphatic heterocycles. The van der Waals surface area contributed by atoms with E-state index in [2.05, 4.69) is 21.8 Å². The van der Waals surface area contributed by atoms with Crippen LogP contribution in [0.2, 0.25) is 0 Å². The molecule has 5 N–H and O–H groups in total. The number of fused-ring (bicyclic) bond motifs is 1. The van der Waals surface area contributed by atoms with E-state index in [4.69, 9.17) is 20.9 Å².